The summed E-state index contributed by atoms with van der Waals surface area (Å²) >= 11 is 6.04. The summed E-state index contributed by atoms with van der Waals surface area (Å²) in [4.78, 5) is 26.1. The highest BCUT2D eigenvalue weighted by Gasteiger charge is 2.27. The lowest BCUT2D eigenvalue weighted by atomic mass is 10.0. The molecule has 0 spiro atoms. The molecular weight excluding hydrogens is 442 g/mol. The molecule has 7 nitrogen and oxygen atoms in total. The molecule has 2 aromatic carbocycles. The minimum atomic E-state index is -0.707. The first kappa shape index (κ1) is 24.5. The Morgan fingerprint density at radius 2 is 1.73 bits per heavy atom. The Bertz CT molecular complexity index is 1130. The van der Waals surface area contributed by atoms with Gasteiger partial charge in [-0.2, -0.15) is 5.10 Å². The van der Waals surface area contributed by atoms with E-state index in [0.29, 0.717) is 40.5 Å². The van der Waals surface area contributed by atoms with Gasteiger partial charge in [0.05, 0.1) is 5.69 Å². The van der Waals surface area contributed by atoms with Crippen LogP contribution in [0.25, 0.3) is 5.69 Å². The van der Waals surface area contributed by atoms with Crippen LogP contribution in [0.15, 0.2) is 48.5 Å². The smallest absolute Gasteiger partial charge is 0.413 e. The number of hydrogen-bond acceptors (Lipinski definition) is 5. The SMILES string of the molecule is Cc1ccc(C(=O)c2nn(-c3ccc(Cl)cc3)c(NC(=O)OC(C)(C)C)c2CCCO)cc1. The van der Waals surface area contributed by atoms with E-state index in [2.05, 4.69) is 10.4 Å². The lowest BCUT2D eigenvalue weighted by Crippen LogP contribution is -2.28. The molecule has 0 bridgehead atoms. The van der Waals surface area contributed by atoms with Gasteiger partial charge in [-0.1, -0.05) is 41.4 Å². The minimum Gasteiger partial charge on any atom is -0.444 e. The molecule has 0 aliphatic rings. The number of halogens is 1. The number of nitrogens with one attached hydrogen (secondary N) is 1. The van der Waals surface area contributed by atoms with Crippen LogP contribution in [0.5, 0.6) is 0 Å². The van der Waals surface area contributed by atoms with Crippen molar-refractivity contribution >= 4 is 29.3 Å². The molecule has 0 saturated carbocycles. The van der Waals surface area contributed by atoms with E-state index < -0.39 is 11.7 Å². The van der Waals surface area contributed by atoms with Crippen LogP contribution in [0, 0.1) is 6.92 Å². The largest absolute Gasteiger partial charge is 0.444 e. The maximum Gasteiger partial charge on any atom is 0.413 e. The van der Waals surface area contributed by atoms with E-state index in [-0.39, 0.29) is 18.1 Å². The van der Waals surface area contributed by atoms with Crippen LogP contribution in [0.4, 0.5) is 10.6 Å². The number of ether oxygens (including phenoxy) is 1. The number of carbonyl (C=O) groups is 2. The first-order chi connectivity index (χ1) is 15.6. The maximum atomic E-state index is 13.4. The number of aromatic nitrogens is 2. The fraction of sp³-hybridized carbons (Fsp3) is 0.320. The van der Waals surface area contributed by atoms with Crippen molar-refractivity contribution < 1.29 is 19.4 Å². The monoisotopic (exact) mass is 469 g/mol. The summed E-state index contributed by atoms with van der Waals surface area (Å²) in [5, 5.41) is 17.3. The zero-order valence-corrected chi connectivity index (χ0v) is 19.9. The van der Waals surface area contributed by atoms with Gasteiger partial charge in [-0.15, -0.1) is 0 Å². The number of aryl methyl sites for hydroxylation is 1. The zero-order valence-electron chi connectivity index (χ0n) is 19.2. The van der Waals surface area contributed by atoms with Gasteiger partial charge in [0.25, 0.3) is 0 Å². The molecule has 1 amide bonds. The average Bonchev–Trinajstić information content (AvgIpc) is 3.09. The van der Waals surface area contributed by atoms with Crippen molar-refractivity contribution in [3.05, 3.63) is 75.9 Å². The summed E-state index contributed by atoms with van der Waals surface area (Å²) in [6.45, 7) is 7.17. The quantitative estimate of drug-likeness (QED) is 0.456. The van der Waals surface area contributed by atoms with Gasteiger partial charge in [0.15, 0.2) is 0 Å². The normalized spacial score (nSPS) is 11.3. The number of ketones is 1. The number of rotatable bonds is 7. The molecule has 1 aromatic heterocycles. The minimum absolute atomic E-state index is 0.0732. The molecule has 0 unspecified atom stereocenters. The number of nitrogens with zero attached hydrogens (tertiary/aromatic N) is 2. The second-order valence-corrected chi connectivity index (χ2v) is 9.15. The first-order valence-corrected chi connectivity index (χ1v) is 11.1. The van der Waals surface area contributed by atoms with Crippen LogP contribution in [-0.4, -0.2) is 39.0 Å². The van der Waals surface area contributed by atoms with Gasteiger partial charge in [0.1, 0.15) is 17.1 Å². The van der Waals surface area contributed by atoms with Crippen molar-refractivity contribution in [3.8, 4) is 5.69 Å². The van der Waals surface area contributed by atoms with Gasteiger partial charge >= 0.3 is 6.09 Å². The molecule has 0 atom stereocenters. The molecule has 174 valence electrons. The van der Waals surface area contributed by atoms with Crippen molar-refractivity contribution in [2.24, 2.45) is 0 Å². The second kappa shape index (κ2) is 10.2. The van der Waals surface area contributed by atoms with Gasteiger partial charge < -0.3 is 9.84 Å². The Morgan fingerprint density at radius 3 is 2.30 bits per heavy atom. The van der Waals surface area contributed by atoms with E-state index in [1.807, 2.05) is 19.1 Å². The van der Waals surface area contributed by atoms with Crippen LogP contribution < -0.4 is 5.32 Å². The number of hydrogen-bond donors (Lipinski definition) is 2. The lowest BCUT2D eigenvalue weighted by Gasteiger charge is -2.20. The molecule has 0 radical (unpaired) electrons. The summed E-state index contributed by atoms with van der Waals surface area (Å²) in [7, 11) is 0. The highest BCUT2D eigenvalue weighted by molar-refractivity contribution is 6.30. The molecule has 8 heteroatoms. The van der Waals surface area contributed by atoms with Crippen molar-refractivity contribution in [1.82, 2.24) is 9.78 Å². The van der Waals surface area contributed by atoms with E-state index in [4.69, 9.17) is 16.3 Å². The highest BCUT2D eigenvalue weighted by Crippen LogP contribution is 2.29. The van der Waals surface area contributed by atoms with Crippen molar-refractivity contribution in [1.29, 1.82) is 0 Å². The molecule has 0 saturated heterocycles. The number of aliphatic hydroxyl groups excluding tert-OH is 1. The standard InChI is InChI=1S/C25H28ClN3O4/c1-16-7-9-17(10-8-16)22(31)21-20(6-5-15-30)23(27-24(32)33-25(2,3)4)29(28-21)19-13-11-18(26)12-14-19/h7-14,30H,5-6,15H2,1-4H3,(H,27,32). The van der Waals surface area contributed by atoms with Gasteiger partial charge in [0, 0.05) is 22.8 Å². The lowest BCUT2D eigenvalue weighted by molar-refractivity contribution is 0.0634. The van der Waals surface area contributed by atoms with Crippen LogP contribution >= 0.6 is 11.6 Å². The number of amides is 1. The van der Waals surface area contributed by atoms with E-state index >= 15 is 0 Å². The Balaban J connectivity index is 2.15. The fourth-order valence-corrected chi connectivity index (χ4v) is 3.39. The van der Waals surface area contributed by atoms with Crippen molar-refractivity contribution in [3.63, 3.8) is 0 Å². The van der Waals surface area contributed by atoms with E-state index in [1.54, 1.807) is 57.2 Å². The number of carbonyl (C=O) groups excluding carboxylic acids is 2. The molecule has 1 heterocycles. The zero-order chi connectivity index (χ0) is 24.2. The summed E-state index contributed by atoms with van der Waals surface area (Å²) < 4.78 is 6.93. The molecule has 2 N–H and O–H groups in total. The van der Waals surface area contributed by atoms with Gasteiger partial charge in [-0.3, -0.25) is 10.1 Å². The Morgan fingerprint density at radius 1 is 1.09 bits per heavy atom. The molecule has 0 aliphatic carbocycles. The molecule has 0 fully saturated rings. The number of benzene rings is 2. The Kier molecular flexibility index (Phi) is 7.56. The number of aliphatic hydroxyl groups is 1. The Labute approximate surface area is 198 Å². The molecule has 3 rings (SSSR count). The summed E-state index contributed by atoms with van der Waals surface area (Å²) in [5.41, 5.74) is 2.14. The third-order valence-electron chi connectivity index (χ3n) is 4.79. The molecule has 3 aromatic rings. The van der Waals surface area contributed by atoms with E-state index in [9.17, 15) is 14.7 Å². The van der Waals surface area contributed by atoms with Crippen LogP contribution in [0.2, 0.25) is 5.02 Å². The topological polar surface area (TPSA) is 93.5 Å². The van der Waals surface area contributed by atoms with Gasteiger partial charge in [-0.05, 0) is 64.8 Å². The predicted molar refractivity (Wildman–Crippen MR) is 128 cm³/mol. The third kappa shape index (κ3) is 6.21. The Hall–Kier alpha value is -3.16. The van der Waals surface area contributed by atoms with E-state index in [0.717, 1.165) is 5.56 Å². The number of anilines is 1. The highest BCUT2D eigenvalue weighted by atomic mass is 35.5. The second-order valence-electron chi connectivity index (χ2n) is 8.71. The maximum absolute atomic E-state index is 13.4. The van der Waals surface area contributed by atoms with Gasteiger partial charge in [0.2, 0.25) is 5.78 Å². The molecule has 0 aliphatic heterocycles. The van der Waals surface area contributed by atoms with Crippen molar-refractivity contribution in [2.75, 3.05) is 11.9 Å². The first-order valence-electron chi connectivity index (χ1n) is 10.7. The fourth-order valence-electron chi connectivity index (χ4n) is 3.26. The molecular formula is C25H28ClN3O4. The van der Waals surface area contributed by atoms with Crippen LogP contribution in [0.3, 0.4) is 0 Å². The average molecular weight is 470 g/mol. The third-order valence-corrected chi connectivity index (χ3v) is 5.04. The van der Waals surface area contributed by atoms with E-state index in [1.165, 1.54) is 4.68 Å². The van der Waals surface area contributed by atoms with Gasteiger partial charge in [-0.25, -0.2) is 9.48 Å². The predicted octanol–water partition coefficient (Wildman–Crippen LogP) is 5.34. The van der Waals surface area contributed by atoms with Crippen LogP contribution in [-0.2, 0) is 11.2 Å². The summed E-state index contributed by atoms with van der Waals surface area (Å²) in [6, 6.07) is 14.1. The van der Waals surface area contributed by atoms with Crippen LogP contribution in [0.1, 0.15) is 54.4 Å². The van der Waals surface area contributed by atoms with Crippen molar-refractivity contribution in [2.45, 2.75) is 46.1 Å². The molecule has 33 heavy (non-hydrogen) atoms. The summed E-state index contributed by atoms with van der Waals surface area (Å²) in [6.07, 6.45) is 0.0586. The summed E-state index contributed by atoms with van der Waals surface area (Å²) in [5.74, 6) is 0.0402.